The predicted octanol–water partition coefficient (Wildman–Crippen LogP) is 3.00. The number of hydrogen-bond donors (Lipinski definition) is 2. The summed E-state index contributed by atoms with van der Waals surface area (Å²) in [5, 5.41) is 3.59. The van der Waals surface area contributed by atoms with E-state index < -0.39 is 5.63 Å². The number of rotatable bonds is 4. The molecule has 7 nitrogen and oxygen atoms in total. The quantitative estimate of drug-likeness (QED) is 0.552. The highest BCUT2D eigenvalue weighted by Crippen LogP contribution is 2.22. The molecule has 2 N–H and O–H groups in total. The third-order valence-corrected chi connectivity index (χ3v) is 4.00. The molecule has 0 aliphatic rings. The van der Waals surface area contributed by atoms with Crippen LogP contribution in [0.1, 0.15) is 5.56 Å². The van der Waals surface area contributed by atoms with Gasteiger partial charge in [0.2, 0.25) is 0 Å². The van der Waals surface area contributed by atoms with E-state index in [0.29, 0.717) is 17.0 Å². The Balaban J connectivity index is 1.45. The fraction of sp³-hybridized carbons (Fsp3) is 0.105. The van der Waals surface area contributed by atoms with Crippen molar-refractivity contribution in [3.8, 4) is 5.75 Å². The number of fused-ring (bicyclic) bond motifs is 2. The molecule has 2 aromatic heterocycles. The van der Waals surface area contributed by atoms with E-state index in [0.717, 1.165) is 22.0 Å². The highest BCUT2D eigenvalue weighted by Gasteiger charge is 2.08. The zero-order valence-electron chi connectivity index (χ0n) is 13.9. The normalized spacial score (nSPS) is 11.0. The Morgan fingerprint density at radius 3 is 3.00 bits per heavy atom. The van der Waals surface area contributed by atoms with E-state index in [2.05, 4.69) is 15.3 Å². The van der Waals surface area contributed by atoms with Crippen molar-refractivity contribution in [2.75, 3.05) is 11.9 Å². The number of benzene rings is 2. The molecule has 0 unspecified atom stereocenters. The zero-order valence-corrected chi connectivity index (χ0v) is 13.9. The number of H-pyrrole nitrogens is 1. The van der Waals surface area contributed by atoms with Crippen molar-refractivity contribution < 1.29 is 13.9 Å². The van der Waals surface area contributed by atoms with Crippen molar-refractivity contribution >= 4 is 33.6 Å². The van der Waals surface area contributed by atoms with Gasteiger partial charge in [0, 0.05) is 23.2 Å². The van der Waals surface area contributed by atoms with Crippen molar-refractivity contribution in [3.63, 3.8) is 0 Å². The highest BCUT2D eigenvalue weighted by molar-refractivity contribution is 5.94. The monoisotopic (exact) mass is 349 g/mol. The molecule has 0 saturated heterocycles. The molecule has 26 heavy (non-hydrogen) atoms. The number of nitrogens with one attached hydrogen (secondary N) is 2. The fourth-order valence-corrected chi connectivity index (χ4v) is 2.75. The molecule has 0 radical (unpaired) electrons. The van der Waals surface area contributed by atoms with Gasteiger partial charge in [0.25, 0.3) is 5.91 Å². The van der Waals surface area contributed by atoms with Gasteiger partial charge in [-0.2, -0.15) is 0 Å². The minimum Gasteiger partial charge on any atom is -0.484 e. The zero-order chi connectivity index (χ0) is 18.1. The Hall–Kier alpha value is -3.61. The minimum absolute atomic E-state index is 0.164. The Kier molecular flexibility index (Phi) is 3.89. The molecule has 0 fully saturated rings. The predicted molar refractivity (Wildman–Crippen MR) is 97.4 cm³/mol. The van der Waals surface area contributed by atoms with Crippen LogP contribution in [0.5, 0.6) is 5.75 Å². The number of nitrogens with zero attached hydrogens (tertiary/aromatic N) is 1. The molecule has 0 saturated carbocycles. The van der Waals surface area contributed by atoms with Crippen LogP contribution in [0.15, 0.2) is 58.0 Å². The first-order valence-electron chi connectivity index (χ1n) is 7.99. The molecular weight excluding hydrogens is 334 g/mol. The maximum Gasteiger partial charge on any atom is 0.336 e. The van der Waals surface area contributed by atoms with Gasteiger partial charge in [0.15, 0.2) is 6.61 Å². The first-order valence-corrected chi connectivity index (χ1v) is 7.99. The number of imidazole rings is 1. The van der Waals surface area contributed by atoms with Crippen LogP contribution >= 0.6 is 0 Å². The van der Waals surface area contributed by atoms with Gasteiger partial charge in [-0.05, 0) is 42.8 Å². The summed E-state index contributed by atoms with van der Waals surface area (Å²) in [5.74, 6) is 0.153. The maximum atomic E-state index is 12.1. The third-order valence-electron chi connectivity index (χ3n) is 4.00. The third kappa shape index (κ3) is 3.14. The van der Waals surface area contributed by atoms with E-state index in [1.807, 2.05) is 13.0 Å². The minimum atomic E-state index is -0.418. The molecule has 1 amide bonds. The molecule has 2 aromatic carbocycles. The van der Waals surface area contributed by atoms with Crippen LogP contribution in [0.3, 0.4) is 0 Å². The summed E-state index contributed by atoms with van der Waals surface area (Å²) in [6, 6.07) is 12.0. The van der Waals surface area contributed by atoms with Gasteiger partial charge >= 0.3 is 5.63 Å². The highest BCUT2D eigenvalue weighted by atomic mass is 16.5. The van der Waals surface area contributed by atoms with Gasteiger partial charge in [-0.15, -0.1) is 0 Å². The van der Waals surface area contributed by atoms with E-state index >= 15 is 0 Å². The number of carbonyl (C=O) groups excluding carboxylic acids is 1. The summed E-state index contributed by atoms with van der Waals surface area (Å²) in [7, 11) is 0. The number of carbonyl (C=O) groups is 1. The fourth-order valence-electron chi connectivity index (χ4n) is 2.75. The summed E-state index contributed by atoms with van der Waals surface area (Å²) in [4.78, 5) is 30.7. The van der Waals surface area contributed by atoms with Crippen LogP contribution in [0, 0.1) is 6.92 Å². The number of hydrogen-bond acceptors (Lipinski definition) is 5. The molecule has 0 atom stereocenters. The Morgan fingerprint density at radius 1 is 1.23 bits per heavy atom. The Labute approximate surface area is 147 Å². The molecule has 0 aliphatic carbocycles. The van der Waals surface area contributed by atoms with Crippen molar-refractivity contribution in [2.24, 2.45) is 0 Å². The summed E-state index contributed by atoms with van der Waals surface area (Å²) in [6.45, 7) is 1.67. The summed E-state index contributed by atoms with van der Waals surface area (Å²) < 4.78 is 10.7. The molecular formula is C19H15N3O4. The van der Waals surface area contributed by atoms with Crippen molar-refractivity contribution in [2.45, 2.75) is 6.92 Å². The van der Waals surface area contributed by atoms with Crippen LogP contribution in [-0.4, -0.2) is 22.5 Å². The number of amides is 1. The number of aromatic nitrogens is 2. The van der Waals surface area contributed by atoms with Crippen LogP contribution in [0.4, 0.5) is 5.69 Å². The number of aromatic amines is 1. The molecule has 0 bridgehead atoms. The molecule has 7 heteroatoms. The summed E-state index contributed by atoms with van der Waals surface area (Å²) >= 11 is 0. The van der Waals surface area contributed by atoms with Crippen molar-refractivity contribution in [1.29, 1.82) is 0 Å². The van der Waals surface area contributed by atoms with Gasteiger partial charge in [-0.3, -0.25) is 4.79 Å². The van der Waals surface area contributed by atoms with Crippen molar-refractivity contribution in [1.82, 2.24) is 9.97 Å². The second-order valence-electron chi connectivity index (χ2n) is 5.88. The van der Waals surface area contributed by atoms with Crippen LogP contribution in [0.2, 0.25) is 0 Å². The van der Waals surface area contributed by atoms with Crippen LogP contribution < -0.4 is 15.7 Å². The average Bonchev–Trinajstić information content (AvgIpc) is 3.07. The molecule has 130 valence electrons. The van der Waals surface area contributed by atoms with Crippen LogP contribution in [0.25, 0.3) is 22.0 Å². The molecule has 4 aromatic rings. The number of ether oxygens (including phenoxy) is 1. The molecule has 0 aliphatic heterocycles. The summed E-state index contributed by atoms with van der Waals surface area (Å²) in [5.41, 5.74) is 3.15. The van der Waals surface area contributed by atoms with E-state index in [9.17, 15) is 9.59 Å². The number of aryl methyl sites for hydroxylation is 1. The van der Waals surface area contributed by atoms with E-state index in [1.165, 1.54) is 6.07 Å². The van der Waals surface area contributed by atoms with Gasteiger partial charge in [0.1, 0.15) is 11.3 Å². The van der Waals surface area contributed by atoms with Gasteiger partial charge in [-0.25, -0.2) is 9.78 Å². The maximum absolute atomic E-state index is 12.1. The van der Waals surface area contributed by atoms with E-state index in [-0.39, 0.29) is 12.5 Å². The summed E-state index contributed by atoms with van der Waals surface area (Å²) in [6.07, 6.45) is 1.60. The largest absolute Gasteiger partial charge is 0.484 e. The van der Waals surface area contributed by atoms with Gasteiger partial charge in [0.05, 0.1) is 17.4 Å². The van der Waals surface area contributed by atoms with E-state index in [1.54, 1.807) is 36.7 Å². The molecule has 2 heterocycles. The van der Waals surface area contributed by atoms with Crippen molar-refractivity contribution in [3.05, 3.63) is 64.8 Å². The molecule has 4 rings (SSSR count). The standard InChI is InChI=1S/C19H15N3O4/c1-11-6-19(24)26-17-8-13(3-4-14(11)17)25-9-18(23)22-12-2-5-15-16(7-12)21-10-20-15/h2-8,10H,9H2,1H3,(H,20,21)(H,22,23). The van der Waals surface area contributed by atoms with E-state index in [4.69, 9.17) is 9.15 Å². The smallest absolute Gasteiger partial charge is 0.336 e. The second kappa shape index (κ2) is 6.36. The Bertz CT molecular complexity index is 1180. The van der Waals surface area contributed by atoms with Crippen LogP contribution in [-0.2, 0) is 4.79 Å². The topological polar surface area (TPSA) is 97.2 Å². The lowest BCUT2D eigenvalue weighted by Crippen LogP contribution is -2.20. The molecule has 0 spiro atoms. The second-order valence-corrected chi connectivity index (χ2v) is 5.88. The SMILES string of the molecule is Cc1cc(=O)oc2cc(OCC(=O)Nc3ccc4nc[nH]c4c3)ccc12. The first kappa shape index (κ1) is 15.9. The first-order chi connectivity index (χ1) is 12.6. The van der Waals surface area contributed by atoms with Gasteiger partial charge in [-0.1, -0.05) is 0 Å². The number of anilines is 1. The Morgan fingerprint density at radius 2 is 2.12 bits per heavy atom. The average molecular weight is 349 g/mol. The lowest BCUT2D eigenvalue weighted by molar-refractivity contribution is -0.118. The van der Waals surface area contributed by atoms with Gasteiger partial charge < -0.3 is 19.5 Å². The lowest BCUT2D eigenvalue weighted by Gasteiger charge is -2.08. The lowest BCUT2D eigenvalue weighted by atomic mass is 10.1.